The van der Waals surface area contributed by atoms with Gasteiger partial charge in [0.2, 0.25) is 0 Å². The van der Waals surface area contributed by atoms with Crippen molar-refractivity contribution in [1.29, 1.82) is 0 Å². The summed E-state index contributed by atoms with van der Waals surface area (Å²) in [5.41, 5.74) is 3.36. The van der Waals surface area contributed by atoms with Crippen LogP contribution in [0, 0.1) is 5.21 Å². The third kappa shape index (κ3) is 2.91. The molecule has 2 aromatic carbocycles. The molecule has 3 N–H and O–H groups in total. The third-order valence-corrected chi connectivity index (χ3v) is 4.04. The van der Waals surface area contributed by atoms with E-state index in [9.17, 15) is 5.21 Å². The van der Waals surface area contributed by atoms with Crippen molar-refractivity contribution in [2.75, 3.05) is 13.1 Å². The molecule has 0 radical (unpaired) electrons. The monoisotopic (exact) mass is 336 g/mol. The standard InChI is InChI=1S/C18H16N4O3/c23-22(24)14-8-6-12(7-9-14)16-15(18-19-10-11-20-18)17(25-21-16)13-4-2-1-3-5-13/h1-9,22-23H,10-11H2,(H,19,20). The van der Waals surface area contributed by atoms with Gasteiger partial charge in [-0.3, -0.25) is 4.99 Å². The highest BCUT2D eigenvalue weighted by molar-refractivity contribution is 6.08. The zero-order valence-electron chi connectivity index (χ0n) is 13.3. The van der Waals surface area contributed by atoms with Gasteiger partial charge in [-0.2, -0.15) is 5.23 Å². The zero-order valence-corrected chi connectivity index (χ0v) is 13.3. The predicted octanol–water partition coefficient (Wildman–Crippen LogP) is 1.76. The Morgan fingerprint density at radius 2 is 1.80 bits per heavy atom. The fourth-order valence-corrected chi connectivity index (χ4v) is 2.83. The van der Waals surface area contributed by atoms with E-state index in [0.717, 1.165) is 29.1 Å². The smallest absolute Gasteiger partial charge is 0.178 e. The number of amidine groups is 1. The van der Waals surface area contributed by atoms with Crippen molar-refractivity contribution < 1.29 is 15.0 Å². The van der Waals surface area contributed by atoms with Crippen LogP contribution in [-0.2, 0) is 0 Å². The summed E-state index contributed by atoms with van der Waals surface area (Å²) in [7, 11) is 0. The van der Waals surface area contributed by atoms with Crippen LogP contribution in [0.25, 0.3) is 22.6 Å². The van der Waals surface area contributed by atoms with Crippen molar-refractivity contribution in [3.63, 3.8) is 0 Å². The van der Waals surface area contributed by atoms with Crippen molar-refractivity contribution in [3.8, 4) is 22.6 Å². The SMILES string of the molecule is [O-][NH+](O)c1ccc(-c2noc(-c3ccccc3)c2C2=NCCN2)cc1. The van der Waals surface area contributed by atoms with Crippen LogP contribution in [0.3, 0.4) is 0 Å². The lowest BCUT2D eigenvalue weighted by molar-refractivity contribution is -0.991. The van der Waals surface area contributed by atoms with E-state index in [2.05, 4.69) is 15.5 Å². The van der Waals surface area contributed by atoms with Crippen molar-refractivity contribution >= 4 is 11.5 Å². The molecule has 0 saturated carbocycles. The van der Waals surface area contributed by atoms with Gasteiger partial charge in [-0.15, -0.1) is 0 Å². The van der Waals surface area contributed by atoms with Gasteiger partial charge in [0, 0.05) is 29.8 Å². The molecule has 0 saturated heterocycles. The van der Waals surface area contributed by atoms with Crippen LogP contribution in [-0.4, -0.2) is 29.3 Å². The van der Waals surface area contributed by atoms with Gasteiger partial charge in [0.15, 0.2) is 11.4 Å². The minimum absolute atomic E-state index is 0.230. The fraction of sp³-hybridized carbons (Fsp3) is 0.111. The average molecular weight is 336 g/mol. The number of benzene rings is 2. The molecule has 25 heavy (non-hydrogen) atoms. The maximum atomic E-state index is 11.1. The van der Waals surface area contributed by atoms with E-state index >= 15 is 0 Å². The van der Waals surface area contributed by atoms with E-state index in [1.54, 1.807) is 24.3 Å². The van der Waals surface area contributed by atoms with Crippen LogP contribution in [0.15, 0.2) is 64.1 Å². The van der Waals surface area contributed by atoms with E-state index in [1.807, 2.05) is 30.3 Å². The quantitative estimate of drug-likeness (QED) is 0.631. The number of rotatable bonds is 4. The van der Waals surface area contributed by atoms with Gasteiger partial charge >= 0.3 is 0 Å². The molecule has 0 amide bonds. The number of nitrogens with zero attached hydrogens (tertiary/aromatic N) is 2. The highest BCUT2D eigenvalue weighted by Crippen LogP contribution is 2.33. The van der Waals surface area contributed by atoms with Crippen LogP contribution in [0.2, 0.25) is 0 Å². The number of hydrogen-bond donors (Lipinski definition) is 3. The van der Waals surface area contributed by atoms with Crippen molar-refractivity contribution in [2.45, 2.75) is 0 Å². The van der Waals surface area contributed by atoms with Crippen LogP contribution < -0.4 is 10.5 Å². The Morgan fingerprint density at radius 3 is 2.44 bits per heavy atom. The molecule has 0 fully saturated rings. The molecule has 1 aromatic heterocycles. The van der Waals surface area contributed by atoms with Crippen molar-refractivity contribution in [1.82, 2.24) is 10.5 Å². The summed E-state index contributed by atoms with van der Waals surface area (Å²) in [5, 5.41) is 26.7. The Bertz CT molecular complexity index is 902. The van der Waals surface area contributed by atoms with Crippen molar-refractivity contribution in [2.24, 2.45) is 4.99 Å². The Balaban J connectivity index is 1.84. The first-order chi connectivity index (χ1) is 12.2. The number of nitrogens with one attached hydrogen (secondary N) is 2. The average Bonchev–Trinajstić information content (AvgIpc) is 3.32. The minimum Gasteiger partial charge on any atom is -0.595 e. The maximum absolute atomic E-state index is 11.1. The molecule has 3 aromatic rings. The molecule has 4 rings (SSSR count). The topological polar surface area (TPSA) is 98.2 Å². The van der Waals surface area contributed by atoms with E-state index in [4.69, 9.17) is 9.73 Å². The Hall–Kier alpha value is -3.00. The summed E-state index contributed by atoms with van der Waals surface area (Å²) in [6, 6.07) is 16.3. The largest absolute Gasteiger partial charge is 0.595 e. The minimum atomic E-state index is -0.960. The van der Waals surface area contributed by atoms with E-state index in [-0.39, 0.29) is 5.69 Å². The summed E-state index contributed by atoms with van der Waals surface area (Å²) in [6.07, 6.45) is 0. The zero-order chi connectivity index (χ0) is 17.2. The second-order valence-electron chi connectivity index (χ2n) is 5.64. The molecule has 1 unspecified atom stereocenters. The molecular weight excluding hydrogens is 320 g/mol. The van der Waals surface area contributed by atoms with Gasteiger partial charge in [0.05, 0.1) is 12.1 Å². The van der Waals surface area contributed by atoms with Gasteiger partial charge in [0.1, 0.15) is 11.5 Å². The Kier molecular flexibility index (Phi) is 4.02. The van der Waals surface area contributed by atoms with Gasteiger partial charge in [-0.05, 0) is 12.1 Å². The summed E-state index contributed by atoms with van der Waals surface area (Å²) in [6.45, 7) is 1.47. The summed E-state index contributed by atoms with van der Waals surface area (Å²) in [4.78, 5) is 4.51. The molecule has 1 aliphatic rings. The molecule has 7 heteroatoms. The van der Waals surface area contributed by atoms with E-state index in [0.29, 0.717) is 18.0 Å². The molecule has 1 aliphatic heterocycles. The van der Waals surface area contributed by atoms with Crippen LogP contribution in [0.4, 0.5) is 5.69 Å². The van der Waals surface area contributed by atoms with Crippen LogP contribution in [0.1, 0.15) is 5.56 Å². The Morgan fingerprint density at radius 1 is 1.04 bits per heavy atom. The lowest BCUT2D eigenvalue weighted by Crippen LogP contribution is -2.99. The molecule has 0 bridgehead atoms. The predicted molar refractivity (Wildman–Crippen MR) is 92.6 cm³/mol. The summed E-state index contributed by atoms with van der Waals surface area (Å²) < 4.78 is 5.64. The van der Waals surface area contributed by atoms with Gasteiger partial charge in [0.25, 0.3) is 0 Å². The first-order valence-electron chi connectivity index (χ1n) is 7.91. The second kappa shape index (κ2) is 6.48. The van der Waals surface area contributed by atoms with E-state index < -0.39 is 5.23 Å². The van der Waals surface area contributed by atoms with Gasteiger partial charge < -0.3 is 15.0 Å². The van der Waals surface area contributed by atoms with E-state index in [1.165, 1.54) is 0 Å². The molecule has 1 atom stereocenters. The van der Waals surface area contributed by atoms with Gasteiger partial charge in [-0.25, -0.2) is 5.21 Å². The number of quaternary nitrogens is 1. The molecule has 2 heterocycles. The number of aliphatic imine (C=N–C) groups is 1. The second-order valence-corrected chi connectivity index (χ2v) is 5.64. The van der Waals surface area contributed by atoms with Crippen molar-refractivity contribution in [3.05, 3.63) is 65.4 Å². The maximum Gasteiger partial charge on any atom is 0.178 e. The molecule has 0 aliphatic carbocycles. The molecule has 126 valence electrons. The highest BCUT2D eigenvalue weighted by atomic mass is 16.8. The normalized spacial score (nSPS) is 14.9. The first-order valence-corrected chi connectivity index (χ1v) is 7.91. The summed E-state index contributed by atoms with van der Waals surface area (Å²) in [5.74, 6) is 1.39. The Labute approximate surface area is 143 Å². The molecule has 7 nitrogen and oxygen atoms in total. The van der Waals surface area contributed by atoms with Gasteiger partial charge in [-0.1, -0.05) is 35.5 Å². The molecular formula is C18H16N4O3. The van der Waals surface area contributed by atoms with Crippen LogP contribution >= 0.6 is 0 Å². The van der Waals surface area contributed by atoms with Crippen LogP contribution in [0.5, 0.6) is 0 Å². The fourth-order valence-electron chi connectivity index (χ4n) is 2.83. The lowest BCUT2D eigenvalue weighted by Gasteiger charge is -2.11. The number of aromatic nitrogens is 1. The number of hydrogen-bond acceptors (Lipinski definition) is 6. The highest BCUT2D eigenvalue weighted by Gasteiger charge is 2.25. The lowest BCUT2D eigenvalue weighted by atomic mass is 10.0. The third-order valence-electron chi connectivity index (χ3n) is 4.04. The molecule has 0 spiro atoms. The first kappa shape index (κ1) is 15.5. The summed E-state index contributed by atoms with van der Waals surface area (Å²) >= 11 is 0.